The SMILES string of the molecule is C[C@H](NC(=O)OCC1c2ccccc2-c2ccccc21)C(=O)N[C@@H](C)C(=O)N[C@@H](C)C(=O)NCOCc1coc(C(=O)O[C@]2(C(=O)SCF)[C@H](C)C[C@H]3[C@@H]4C[C@H](F)C5=CC(=O)C=C[C@]5(C)[C@@]4(F)[C@@H](O)C[C@@]32C)c1. The van der Waals surface area contributed by atoms with Crippen molar-refractivity contribution >= 4 is 52.4 Å². The molecule has 12 atom stereocenters. The number of amides is 4. The summed E-state index contributed by atoms with van der Waals surface area (Å²) in [7, 11) is 0. The second-order valence-electron chi connectivity index (χ2n) is 20.2. The van der Waals surface area contributed by atoms with Crippen LogP contribution >= 0.6 is 11.8 Å². The maximum absolute atomic E-state index is 17.8. The third-order valence-electron chi connectivity index (χ3n) is 16.0. The number of aliphatic hydroxyl groups excluding tert-OH is 1. The minimum Gasteiger partial charge on any atom is -0.457 e. The number of alkyl halides is 3. The van der Waals surface area contributed by atoms with Crippen LogP contribution in [0.5, 0.6) is 0 Å². The van der Waals surface area contributed by atoms with Crippen molar-refractivity contribution in [2.24, 2.45) is 28.6 Å². The molecule has 0 aliphatic heterocycles. The molecule has 20 heteroatoms. The molecule has 1 heterocycles. The van der Waals surface area contributed by atoms with Gasteiger partial charge in [0.25, 0.3) is 0 Å². The zero-order valence-electron chi connectivity index (χ0n) is 41.1. The number of alkyl carbamates (subject to hydrolysis) is 1. The van der Waals surface area contributed by atoms with E-state index in [1.54, 1.807) is 13.8 Å². The van der Waals surface area contributed by atoms with Crippen LogP contribution in [-0.4, -0.2) is 107 Å². The van der Waals surface area contributed by atoms with Gasteiger partial charge in [0.05, 0.1) is 19.0 Å². The van der Waals surface area contributed by atoms with Crippen molar-refractivity contribution in [3.63, 3.8) is 0 Å². The van der Waals surface area contributed by atoms with E-state index in [1.807, 2.05) is 48.5 Å². The summed E-state index contributed by atoms with van der Waals surface area (Å²) in [5.41, 5.74) is -3.34. The van der Waals surface area contributed by atoms with Gasteiger partial charge in [-0.15, -0.1) is 0 Å². The number of allylic oxidation sites excluding steroid dienone is 4. The standard InChI is InChI=1S/C53H59F3N4O12S/c1-27-17-38-39-20-41(55)40-19-32(61)15-16-50(40,5)52(39,56)43(62)21-51(38,6)53(27,48(67)73-25-54)72-47(66)42-18-31(23-70-42)22-69-26-57-44(63)28(2)58-45(64)29(3)59-46(65)30(4)60-49(68)71-24-37-35-13-9-7-11-33(35)34-12-8-10-14-36(34)37/h7-16,18-19,23,27-30,37-39,41,43,62H,17,20-22,24-26H2,1-6H3,(H,57,63)(H,58,64)(H,59,65)(H,60,68)/t27-,28+,29+,30+,38+,39+,41+,43+,50+,51+,52+,53+/m1/s1. The molecule has 5 N–H and O–H groups in total. The van der Waals surface area contributed by atoms with Crippen molar-refractivity contribution in [2.75, 3.05) is 19.3 Å². The Morgan fingerprint density at radius 3 is 2.15 bits per heavy atom. The van der Waals surface area contributed by atoms with Crippen LogP contribution in [0.1, 0.15) is 94.0 Å². The number of thioether (sulfide) groups is 1. The molecule has 0 unspecified atom stereocenters. The highest BCUT2D eigenvalue weighted by Crippen LogP contribution is 2.72. The molecule has 4 amide bonds. The second-order valence-corrected chi connectivity index (χ2v) is 21.0. The van der Waals surface area contributed by atoms with E-state index < -0.39 is 130 Å². The van der Waals surface area contributed by atoms with Gasteiger partial charge in [-0.3, -0.25) is 24.0 Å². The molecule has 2 aromatic carbocycles. The summed E-state index contributed by atoms with van der Waals surface area (Å²) in [5, 5.41) is 20.9. The molecule has 1 aromatic heterocycles. The first-order valence-electron chi connectivity index (χ1n) is 24.2. The molecule has 5 aliphatic carbocycles. The van der Waals surface area contributed by atoms with Crippen LogP contribution in [0.15, 0.2) is 89.1 Å². The molecular formula is C53H59F3N4O12S. The smallest absolute Gasteiger partial charge is 0.407 e. The summed E-state index contributed by atoms with van der Waals surface area (Å²) < 4.78 is 70.5. The number of rotatable bonds is 16. The van der Waals surface area contributed by atoms with E-state index in [1.165, 1.54) is 46.1 Å². The lowest BCUT2D eigenvalue weighted by Gasteiger charge is -2.63. The molecule has 3 aromatic rings. The zero-order chi connectivity index (χ0) is 52.8. The molecule has 3 fully saturated rings. The fourth-order valence-corrected chi connectivity index (χ4v) is 13.1. The Morgan fingerprint density at radius 2 is 1.51 bits per heavy atom. The van der Waals surface area contributed by atoms with Gasteiger partial charge in [-0.1, -0.05) is 68.5 Å². The Hall–Kier alpha value is -6.25. The van der Waals surface area contributed by atoms with Crippen LogP contribution in [0.2, 0.25) is 0 Å². The molecule has 0 bridgehead atoms. The van der Waals surface area contributed by atoms with Crippen molar-refractivity contribution in [3.8, 4) is 11.1 Å². The van der Waals surface area contributed by atoms with Crippen molar-refractivity contribution in [1.82, 2.24) is 21.3 Å². The number of halogens is 3. The molecule has 0 saturated heterocycles. The summed E-state index contributed by atoms with van der Waals surface area (Å²) in [6, 6.07) is 12.6. The maximum atomic E-state index is 17.8. The Balaban J connectivity index is 0.803. The number of ketones is 1. The van der Waals surface area contributed by atoms with Crippen molar-refractivity contribution in [3.05, 3.63) is 107 Å². The van der Waals surface area contributed by atoms with E-state index in [0.717, 1.165) is 34.4 Å². The molecule has 3 saturated carbocycles. The van der Waals surface area contributed by atoms with E-state index in [2.05, 4.69) is 21.3 Å². The van der Waals surface area contributed by atoms with Gasteiger partial charge >= 0.3 is 12.1 Å². The fourth-order valence-electron chi connectivity index (χ4n) is 12.3. The van der Waals surface area contributed by atoms with Crippen molar-refractivity contribution in [1.29, 1.82) is 0 Å². The molecular weight excluding hydrogens is 974 g/mol. The first kappa shape index (κ1) is 53.1. The van der Waals surface area contributed by atoms with Crippen LogP contribution in [-0.2, 0) is 44.8 Å². The van der Waals surface area contributed by atoms with E-state index in [4.69, 9.17) is 18.6 Å². The second kappa shape index (κ2) is 20.6. The van der Waals surface area contributed by atoms with Gasteiger partial charge < -0.3 is 45.0 Å². The van der Waals surface area contributed by atoms with E-state index in [-0.39, 0.29) is 55.4 Å². The van der Waals surface area contributed by atoms with Gasteiger partial charge in [0.2, 0.25) is 28.6 Å². The predicted octanol–water partition coefficient (Wildman–Crippen LogP) is 6.45. The summed E-state index contributed by atoms with van der Waals surface area (Å²) in [4.78, 5) is 91.8. The molecule has 0 radical (unpaired) electrons. The average molecular weight is 1030 g/mol. The number of benzene rings is 2. The topological polar surface area (TPSA) is 229 Å². The van der Waals surface area contributed by atoms with Gasteiger partial charge in [-0.25, -0.2) is 22.8 Å². The maximum Gasteiger partial charge on any atom is 0.407 e. The van der Waals surface area contributed by atoms with Gasteiger partial charge in [0, 0.05) is 34.1 Å². The molecule has 8 rings (SSSR count). The summed E-state index contributed by atoms with van der Waals surface area (Å²) in [6.07, 6.45) is -0.404. The molecule has 5 aliphatic rings. The number of esters is 1. The largest absolute Gasteiger partial charge is 0.457 e. The molecule has 0 spiro atoms. The third-order valence-corrected chi connectivity index (χ3v) is 16.6. The van der Waals surface area contributed by atoms with E-state index in [0.29, 0.717) is 5.56 Å². The summed E-state index contributed by atoms with van der Waals surface area (Å²) >= 11 is 0.273. The zero-order valence-corrected chi connectivity index (χ0v) is 41.9. The Bertz CT molecular complexity index is 2720. The Morgan fingerprint density at radius 1 is 0.890 bits per heavy atom. The number of fused-ring (bicyclic) bond motifs is 8. The Kier molecular flexibility index (Phi) is 15.0. The van der Waals surface area contributed by atoms with Crippen LogP contribution in [0.25, 0.3) is 11.1 Å². The van der Waals surface area contributed by atoms with E-state index >= 15 is 8.78 Å². The minimum absolute atomic E-state index is 0.0448. The summed E-state index contributed by atoms with van der Waals surface area (Å²) in [5.74, 6) is -7.01. The lowest BCUT2D eigenvalue weighted by atomic mass is 9.44. The first-order valence-corrected chi connectivity index (χ1v) is 25.2. The number of furan rings is 1. The predicted molar refractivity (Wildman–Crippen MR) is 259 cm³/mol. The van der Waals surface area contributed by atoms with Crippen LogP contribution in [0.4, 0.5) is 18.0 Å². The van der Waals surface area contributed by atoms with Crippen LogP contribution in [0.3, 0.4) is 0 Å². The Labute approximate surface area is 424 Å². The monoisotopic (exact) mass is 1030 g/mol. The number of nitrogens with one attached hydrogen (secondary N) is 4. The molecule has 73 heavy (non-hydrogen) atoms. The quantitative estimate of drug-likeness (QED) is 0.0591. The van der Waals surface area contributed by atoms with Crippen molar-refractivity contribution < 1.29 is 70.5 Å². The van der Waals surface area contributed by atoms with Gasteiger partial charge in [0.15, 0.2) is 17.1 Å². The highest BCUT2D eigenvalue weighted by Gasteiger charge is 2.78. The highest BCUT2D eigenvalue weighted by atomic mass is 32.2. The van der Waals surface area contributed by atoms with Gasteiger partial charge in [-0.2, -0.15) is 0 Å². The minimum atomic E-state index is -2.46. The molecule has 16 nitrogen and oxygen atoms in total. The number of hydrogen-bond donors (Lipinski definition) is 5. The van der Waals surface area contributed by atoms with Crippen molar-refractivity contribution in [2.45, 2.75) is 115 Å². The van der Waals surface area contributed by atoms with Gasteiger partial charge in [0.1, 0.15) is 43.6 Å². The lowest BCUT2D eigenvalue weighted by molar-refractivity contribution is -0.221. The number of hydrogen-bond acceptors (Lipinski definition) is 13. The number of ether oxygens (including phenoxy) is 3. The first-order chi connectivity index (χ1) is 34.6. The number of carbonyl (C=O) groups excluding carboxylic acids is 7. The van der Waals surface area contributed by atoms with Crippen LogP contribution < -0.4 is 21.3 Å². The lowest BCUT2D eigenvalue weighted by Crippen LogP contribution is -2.70. The average Bonchev–Trinajstić information content (AvgIpc) is 4.02. The normalized spacial score (nSPS) is 29.9. The van der Waals surface area contributed by atoms with Crippen LogP contribution in [0, 0.1) is 28.6 Å². The van der Waals surface area contributed by atoms with E-state index in [9.17, 15) is 43.1 Å². The fraction of sp³-hybridized carbons (Fsp3) is 0.491. The molecule has 390 valence electrons. The summed E-state index contributed by atoms with van der Waals surface area (Å²) in [6.45, 7) is 8.37. The number of aliphatic hydroxyl groups is 1. The highest BCUT2D eigenvalue weighted by molar-refractivity contribution is 8.13. The van der Waals surface area contributed by atoms with Gasteiger partial charge in [-0.05, 0) is 111 Å². The third kappa shape index (κ3) is 9.27. The number of carbonyl (C=O) groups is 7.